The van der Waals surface area contributed by atoms with Gasteiger partial charge in [0.2, 0.25) is 5.91 Å². The molecule has 3 aliphatic heterocycles. The Morgan fingerprint density at radius 2 is 1.92 bits per heavy atom. The molecule has 3 saturated heterocycles. The van der Waals surface area contributed by atoms with Crippen LogP contribution in [0.3, 0.4) is 0 Å². The fourth-order valence-corrected chi connectivity index (χ4v) is 6.92. The number of likely N-dealkylation sites (N-methyl/N-ethyl adjacent to an activating group) is 1. The highest BCUT2D eigenvalue weighted by molar-refractivity contribution is 6.29. The van der Waals surface area contributed by atoms with Crippen molar-refractivity contribution in [3.8, 4) is 11.8 Å². The van der Waals surface area contributed by atoms with Crippen LogP contribution in [0.15, 0.2) is 60.7 Å². The molecule has 7 nitrogen and oxygen atoms in total. The SMILES string of the molecule is CN[C@@]12C(=O)N(c3ccc(C#N)c4ccccc34)C(=O)C1C1(C)CCC2(CCOc2cccc(F)c2)O1. The molecule has 37 heavy (non-hydrogen) atoms. The van der Waals surface area contributed by atoms with Gasteiger partial charge in [0.1, 0.15) is 22.7 Å². The van der Waals surface area contributed by atoms with Gasteiger partial charge in [-0.2, -0.15) is 5.26 Å². The average Bonchev–Trinajstić information content (AvgIpc) is 3.45. The van der Waals surface area contributed by atoms with E-state index in [0.29, 0.717) is 47.0 Å². The summed E-state index contributed by atoms with van der Waals surface area (Å²) in [5.74, 6) is -1.41. The van der Waals surface area contributed by atoms with Gasteiger partial charge in [0.05, 0.1) is 35.4 Å². The van der Waals surface area contributed by atoms with E-state index in [1.165, 1.54) is 17.0 Å². The van der Waals surface area contributed by atoms with Crippen LogP contribution in [0, 0.1) is 23.1 Å². The van der Waals surface area contributed by atoms with Crippen molar-refractivity contribution in [2.24, 2.45) is 5.92 Å². The average molecular weight is 500 g/mol. The number of anilines is 1. The molecule has 8 heteroatoms. The maximum Gasteiger partial charge on any atom is 0.258 e. The summed E-state index contributed by atoms with van der Waals surface area (Å²) in [4.78, 5) is 29.7. The van der Waals surface area contributed by atoms with Crippen molar-refractivity contribution in [3.63, 3.8) is 0 Å². The summed E-state index contributed by atoms with van der Waals surface area (Å²) in [6.45, 7) is 2.09. The van der Waals surface area contributed by atoms with Crippen molar-refractivity contribution in [2.45, 2.75) is 42.9 Å². The highest BCUT2D eigenvalue weighted by Crippen LogP contribution is 2.64. The number of amides is 2. The van der Waals surface area contributed by atoms with E-state index in [1.807, 2.05) is 31.2 Å². The van der Waals surface area contributed by atoms with Crippen LogP contribution in [0.5, 0.6) is 5.75 Å². The van der Waals surface area contributed by atoms with E-state index in [9.17, 15) is 19.2 Å². The highest BCUT2D eigenvalue weighted by Gasteiger charge is 2.82. The number of carbonyl (C=O) groups is 2. The van der Waals surface area contributed by atoms with Crippen molar-refractivity contribution in [3.05, 3.63) is 72.0 Å². The number of hydrogen-bond donors (Lipinski definition) is 1. The third-order valence-corrected chi connectivity index (χ3v) is 8.45. The topological polar surface area (TPSA) is 91.7 Å². The number of carbonyl (C=O) groups excluding carboxylic acids is 2. The largest absolute Gasteiger partial charge is 0.493 e. The lowest BCUT2D eigenvalue weighted by atomic mass is 9.62. The first-order valence-electron chi connectivity index (χ1n) is 12.4. The summed E-state index contributed by atoms with van der Waals surface area (Å²) < 4.78 is 26.0. The second kappa shape index (κ2) is 8.10. The lowest BCUT2D eigenvalue weighted by molar-refractivity contribution is -0.133. The number of ether oxygens (including phenoxy) is 2. The van der Waals surface area contributed by atoms with Gasteiger partial charge in [0, 0.05) is 23.3 Å². The smallest absolute Gasteiger partial charge is 0.258 e. The number of halogens is 1. The van der Waals surface area contributed by atoms with Gasteiger partial charge < -0.3 is 14.8 Å². The number of nitrogens with zero attached hydrogens (tertiary/aromatic N) is 2. The van der Waals surface area contributed by atoms with Crippen molar-refractivity contribution < 1.29 is 23.5 Å². The minimum absolute atomic E-state index is 0.191. The summed E-state index contributed by atoms with van der Waals surface area (Å²) in [6.07, 6.45) is 1.55. The number of nitrogens with one attached hydrogen (secondary N) is 1. The first kappa shape index (κ1) is 23.6. The van der Waals surface area contributed by atoms with Gasteiger partial charge >= 0.3 is 0 Å². The molecule has 0 aliphatic carbocycles. The predicted molar refractivity (Wildman–Crippen MR) is 134 cm³/mol. The summed E-state index contributed by atoms with van der Waals surface area (Å²) in [5, 5.41) is 14.2. The van der Waals surface area contributed by atoms with Crippen molar-refractivity contribution in [2.75, 3.05) is 18.6 Å². The Bertz CT molecular complexity index is 1500. The fraction of sp³-hybridized carbons (Fsp3) is 0.345. The van der Waals surface area contributed by atoms with Crippen LogP contribution in [0.1, 0.15) is 31.7 Å². The van der Waals surface area contributed by atoms with Crippen LogP contribution < -0.4 is 15.0 Å². The molecule has 3 aliphatic rings. The van der Waals surface area contributed by atoms with Gasteiger partial charge in [-0.1, -0.05) is 30.3 Å². The quantitative estimate of drug-likeness (QED) is 0.514. The van der Waals surface area contributed by atoms with E-state index in [4.69, 9.17) is 9.47 Å². The molecule has 0 radical (unpaired) electrons. The molecule has 6 rings (SSSR count). The van der Waals surface area contributed by atoms with Crippen molar-refractivity contribution >= 4 is 28.3 Å². The molecule has 0 spiro atoms. The third kappa shape index (κ3) is 3.05. The standard InChI is InChI=1S/C29H26FN3O4/c1-27-12-13-28(37-27,14-15-36-20-7-5-6-19(30)16-20)29(32-2)24(27)25(34)33(26(29)35)23-11-10-18(17-31)21-8-3-4-9-22(21)23/h3-11,16,24,32H,12-15H2,1-2H3/t24?,27?,28?,29-/m1/s1. The van der Waals surface area contributed by atoms with E-state index in [0.717, 1.165) is 0 Å². The molecule has 188 valence electrons. The van der Waals surface area contributed by atoms with Gasteiger partial charge in [-0.25, -0.2) is 9.29 Å². The summed E-state index contributed by atoms with van der Waals surface area (Å²) in [6, 6.07) is 18.7. The molecular weight excluding hydrogens is 473 g/mol. The Kier molecular flexibility index (Phi) is 5.17. The Morgan fingerprint density at radius 1 is 1.14 bits per heavy atom. The van der Waals surface area contributed by atoms with Gasteiger partial charge in [0.25, 0.3) is 5.91 Å². The van der Waals surface area contributed by atoms with Crippen molar-refractivity contribution in [1.82, 2.24) is 5.32 Å². The molecule has 3 heterocycles. The molecule has 3 fully saturated rings. The van der Waals surface area contributed by atoms with Crippen LogP contribution in [0.4, 0.5) is 10.1 Å². The maximum absolute atomic E-state index is 14.4. The molecule has 0 aromatic heterocycles. The summed E-state index contributed by atoms with van der Waals surface area (Å²) in [5.41, 5.74) is -2.15. The molecule has 4 atom stereocenters. The monoisotopic (exact) mass is 499 g/mol. The van der Waals surface area contributed by atoms with Gasteiger partial charge in [-0.05, 0) is 51.1 Å². The number of fused-ring (bicyclic) bond motifs is 6. The first-order valence-corrected chi connectivity index (χ1v) is 12.4. The molecule has 0 saturated carbocycles. The molecule has 3 unspecified atom stereocenters. The van der Waals surface area contributed by atoms with Crippen LogP contribution in [-0.4, -0.2) is 42.2 Å². The van der Waals surface area contributed by atoms with Gasteiger partial charge in [-0.3, -0.25) is 9.59 Å². The molecular formula is C29H26FN3O4. The van der Waals surface area contributed by atoms with E-state index in [1.54, 1.807) is 31.3 Å². The zero-order chi connectivity index (χ0) is 26.0. The Hall–Kier alpha value is -3.80. The summed E-state index contributed by atoms with van der Waals surface area (Å²) in [7, 11) is 1.70. The molecule has 1 N–H and O–H groups in total. The Labute approximate surface area is 213 Å². The van der Waals surface area contributed by atoms with Crippen LogP contribution in [-0.2, 0) is 14.3 Å². The van der Waals surface area contributed by atoms with E-state index in [-0.39, 0.29) is 18.4 Å². The minimum Gasteiger partial charge on any atom is -0.493 e. The van der Waals surface area contributed by atoms with Crippen molar-refractivity contribution in [1.29, 1.82) is 5.26 Å². The summed E-state index contributed by atoms with van der Waals surface area (Å²) >= 11 is 0. The lowest BCUT2D eigenvalue weighted by Crippen LogP contribution is -2.67. The zero-order valence-corrected chi connectivity index (χ0v) is 20.6. The van der Waals surface area contributed by atoms with Crippen LogP contribution >= 0.6 is 0 Å². The normalized spacial score (nSPS) is 30.1. The zero-order valence-electron chi connectivity index (χ0n) is 20.6. The second-order valence-electron chi connectivity index (χ2n) is 10.2. The number of benzene rings is 3. The third-order valence-electron chi connectivity index (χ3n) is 8.45. The number of rotatable bonds is 6. The number of imide groups is 1. The Morgan fingerprint density at radius 3 is 2.65 bits per heavy atom. The fourth-order valence-electron chi connectivity index (χ4n) is 6.92. The second-order valence-corrected chi connectivity index (χ2v) is 10.2. The number of hydrogen-bond acceptors (Lipinski definition) is 6. The highest BCUT2D eigenvalue weighted by atomic mass is 19.1. The van der Waals surface area contributed by atoms with E-state index >= 15 is 0 Å². The molecule has 3 aromatic carbocycles. The molecule has 2 amide bonds. The van der Waals surface area contributed by atoms with Gasteiger partial charge in [-0.15, -0.1) is 0 Å². The Balaban J connectivity index is 1.41. The van der Waals surface area contributed by atoms with Gasteiger partial charge in [0.15, 0.2) is 0 Å². The minimum atomic E-state index is -1.28. The van der Waals surface area contributed by atoms with Crippen LogP contribution in [0.25, 0.3) is 10.8 Å². The molecule has 2 bridgehead atoms. The van der Waals surface area contributed by atoms with E-state index in [2.05, 4.69) is 11.4 Å². The first-order chi connectivity index (χ1) is 17.8. The molecule has 3 aromatic rings. The van der Waals surface area contributed by atoms with E-state index < -0.39 is 28.5 Å². The predicted octanol–water partition coefficient (Wildman–Crippen LogP) is 4.09. The van der Waals surface area contributed by atoms with Crippen LogP contribution in [0.2, 0.25) is 0 Å². The lowest BCUT2D eigenvalue weighted by Gasteiger charge is -2.42. The maximum atomic E-state index is 14.4. The number of nitriles is 1.